The zero-order valence-electron chi connectivity index (χ0n) is 34.8. The van der Waals surface area contributed by atoms with Crippen LogP contribution < -0.4 is 10.7 Å². The fourth-order valence-electron chi connectivity index (χ4n) is 8.50. The predicted molar refractivity (Wildman–Crippen MR) is 229 cm³/mol. The van der Waals surface area contributed by atoms with Gasteiger partial charge in [0.15, 0.2) is 0 Å². The van der Waals surface area contributed by atoms with Crippen LogP contribution in [0.2, 0.25) is 0 Å². The molecule has 6 heterocycles. The maximum atomic E-state index is 14.4. The van der Waals surface area contributed by atoms with Crippen molar-refractivity contribution in [3.8, 4) is 11.3 Å². The van der Waals surface area contributed by atoms with Gasteiger partial charge < -0.3 is 24.1 Å². The number of aliphatic imine (C=N–C) groups is 1. The molecule has 59 heavy (non-hydrogen) atoms. The molecule has 4 aromatic rings. The van der Waals surface area contributed by atoms with Crippen molar-refractivity contribution < 1.29 is 28.6 Å². The van der Waals surface area contributed by atoms with E-state index in [1.54, 1.807) is 25.7 Å². The Morgan fingerprint density at radius 2 is 2.02 bits per heavy atom. The first kappa shape index (κ1) is 42.1. The van der Waals surface area contributed by atoms with E-state index in [2.05, 4.69) is 65.8 Å². The average molecular weight is 822 g/mol. The molecule has 0 spiro atoms. The first-order chi connectivity index (χ1) is 28.5. The molecule has 2 saturated heterocycles. The van der Waals surface area contributed by atoms with Gasteiger partial charge in [0.1, 0.15) is 12.1 Å². The van der Waals surface area contributed by atoms with Crippen LogP contribution in [0.5, 0.6) is 0 Å². The van der Waals surface area contributed by atoms with Crippen molar-refractivity contribution >= 4 is 51.8 Å². The molecular weight excluding hydrogens is 767 g/mol. The van der Waals surface area contributed by atoms with Crippen LogP contribution in [0.4, 0.5) is 0 Å². The molecule has 5 atom stereocenters. The molecular formula is C45H55N7O6S. The first-order valence-electron chi connectivity index (χ1n) is 20.5. The molecule has 0 radical (unpaired) electrons. The number of thiazole rings is 1. The lowest BCUT2D eigenvalue weighted by molar-refractivity contribution is -0.155. The second-order valence-electron chi connectivity index (χ2n) is 16.2. The van der Waals surface area contributed by atoms with Gasteiger partial charge in [-0.25, -0.2) is 10.4 Å². The lowest BCUT2D eigenvalue weighted by Crippen LogP contribution is -2.60. The summed E-state index contributed by atoms with van der Waals surface area (Å²) < 4.78 is 20.2. The molecule has 14 heteroatoms. The fraction of sp³-hybridized carbons (Fsp3) is 0.467. The Kier molecular flexibility index (Phi) is 12.9. The number of cyclic esters (lactones) is 1. The van der Waals surface area contributed by atoms with Gasteiger partial charge in [-0.3, -0.25) is 29.4 Å². The van der Waals surface area contributed by atoms with Gasteiger partial charge in [-0.15, -0.1) is 11.3 Å². The number of ether oxygens (including phenoxy) is 3. The van der Waals surface area contributed by atoms with E-state index in [1.807, 2.05) is 37.4 Å². The largest absolute Gasteiger partial charge is 0.464 e. The van der Waals surface area contributed by atoms with E-state index < -0.39 is 35.5 Å². The summed E-state index contributed by atoms with van der Waals surface area (Å²) in [6, 6.07) is 8.40. The summed E-state index contributed by atoms with van der Waals surface area (Å²) in [6.45, 7) is 16.1. The number of benzene rings is 1. The molecule has 2 fully saturated rings. The molecule has 13 nitrogen and oxygen atoms in total. The number of hydrazine groups is 1. The molecule has 312 valence electrons. The number of allylic oxidation sites excluding steroid dienone is 2. The van der Waals surface area contributed by atoms with Crippen LogP contribution in [0.1, 0.15) is 81.8 Å². The molecule has 3 aliphatic rings. The topological polar surface area (TPSA) is 149 Å². The Bertz CT molecular complexity index is 2260. The quantitative estimate of drug-likeness (QED) is 0.108. The number of carbonyl (C=O) groups is 3. The normalized spacial score (nSPS) is 23.5. The minimum Gasteiger partial charge on any atom is -0.464 e. The van der Waals surface area contributed by atoms with Gasteiger partial charge in [0.25, 0.3) is 5.91 Å². The third-order valence-corrected chi connectivity index (χ3v) is 12.4. The monoisotopic (exact) mass is 821 g/mol. The Morgan fingerprint density at radius 1 is 1.22 bits per heavy atom. The number of methoxy groups -OCH3 is 1. The van der Waals surface area contributed by atoms with Crippen LogP contribution in [0.25, 0.3) is 27.7 Å². The molecule has 1 aromatic carbocycles. The summed E-state index contributed by atoms with van der Waals surface area (Å²) in [6.07, 6.45) is 8.59. The third-order valence-electron chi connectivity index (χ3n) is 11.5. The highest BCUT2D eigenvalue weighted by Crippen LogP contribution is 2.40. The maximum Gasteiger partial charge on any atom is 0.324 e. The number of nitrogens with one attached hydrogen (secondary N) is 2. The van der Waals surface area contributed by atoms with Gasteiger partial charge in [-0.05, 0) is 81.8 Å². The number of esters is 1. The van der Waals surface area contributed by atoms with Gasteiger partial charge in [0, 0.05) is 84.7 Å². The van der Waals surface area contributed by atoms with Crippen LogP contribution in [-0.4, -0.2) is 88.6 Å². The molecule has 7 rings (SSSR count). The first-order valence-corrected chi connectivity index (χ1v) is 21.4. The molecule has 3 aliphatic heterocycles. The highest BCUT2D eigenvalue weighted by atomic mass is 32.1. The number of fused-ring (bicyclic) bond motifs is 6. The molecule has 2 amide bonds. The van der Waals surface area contributed by atoms with Gasteiger partial charge >= 0.3 is 5.97 Å². The predicted octanol–water partition coefficient (Wildman–Crippen LogP) is 6.63. The van der Waals surface area contributed by atoms with Crippen LogP contribution >= 0.6 is 11.3 Å². The highest BCUT2D eigenvalue weighted by Gasteiger charge is 2.40. The number of aryl methyl sites for hydroxylation is 1. The minimum absolute atomic E-state index is 0.147. The van der Waals surface area contributed by atoms with Crippen molar-refractivity contribution in [1.82, 2.24) is 30.3 Å². The zero-order valence-corrected chi connectivity index (χ0v) is 35.6. The molecule has 0 unspecified atom stereocenters. The lowest BCUT2D eigenvalue weighted by Gasteiger charge is -2.35. The highest BCUT2D eigenvalue weighted by molar-refractivity contribution is 7.10. The molecule has 0 saturated carbocycles. The van der Waals surface area contributed by atoms with Crippen molar-refractivity contribution in [2.45, 2.75) is 97.6 Å². The van der Waals surface area contributed by atoms with Gasteiger partial charge in [0.05, 0.1) is 46.8 Å². The van der Waals surface area contributed by atoms with Crippen molar-refractivity contribution in [2.24, 2.45) is 16.3 Å². The van der Waals surface area contributed by atoms with E-state index >= 15 is 0 Å². The molecule has 6 bridgehead atoms. The van der Waals surface area contributed by atoms with Gasteiger partial charge in [-0.2, -0.15) is 0 Å². The number of pyridine rings is 1. The standard InChI is InChI=1S/C45H55N7O6S/c1-8-30(39(47-9-2)27(4)56-7)40-33-24-45(5,6)26-58-44(55)34-12-11-20-52(50-34)43(54)35(49-42(53)31-17-21-57-41(31)28-15-18-46-19-16-28)23-38-48-36(25-59-38)29-13-14-37(32(33)22-29)51(40)10-3/h8-9,13-16,18-19,22,25,27,31,34-35,41,50H,1,10-12,17,20-21,23-24,26H2,2-7H3,(H,49,53)/b39-30+,47-9?/t27-,31+,34-,35-,41-/m0/s1. The molecule has 3 aromatic heterocycles. The van der Waals surface area contributed by atoms with Crippen molar-refractivity contribution in [3.05, 3.63) is 88.3 Å². The Morgan fingerprint density at radius 3 is 2.75 bits per heavy atom. The molecule has 2 N–H and O–H groups in total. The number of rotatable bonds is 9. The van der Waals surface area contributed by atoms with E-state index in [-0.39, 0.29) is 30.9 Å². The number of amides is 2. The zero-order chi connectivity index (χ0) is 41.8. The summed E-state index contributed by atoms with van der Waals surface area (Å²) in [7, 11) is 1.67. The van der Waals surface area contributed by atoms with Gasteiger partial charge in [-0.1, -0.05) is 32.6 Å². The summed E-state index contributed by atoms with van der Waals surface area (Å²) in [5.41, 5.74) is 9.97. The summed E-state index contributed by atoms with van der Waals surface area (Å²) in [4.78, 5) is 56.3. The summed E-state index contributed by atoms with van der Waals surface area (Å²) in [5.74, 6) is -1.53. The number of hydrogen-bond acceptors (Lipinski definition) is 11. The van der Waals surface area contributed by atoms with E-state index in [9.17, 15) is 14.4 Å². The van der Waals surface area contributed by atoms with E-state index in [4.69, 9.17) is 24.2 Å². The van der Waals surface area contributed by atoms with E-state index in [0.717, 1.165) is 50.3 Å². The van der Waals surface area contributed by atoms with Crippen LogP contribution in [0, 0.1) is 11.3 Å². The second-order valence-corrected chi connectivity index (χ2v) is 17.1. The smallest absolute Gasteiger partial charge is 0.324 e. The summed E-state index contributed by atoms with van der Waals surface area (Å²) >= 11 is 1.45. The number of nitrogens with zero attached hydrogens (tertiary/aromatic N) is 5. The summed E-state index contributed by atoms with van der Waals surface area (Å²) in [5, 5.41) is 8.30. The second kappa shape index (κ2) is 18.1. The molecule has 0 aliphatic carbocycles. The van der Waals surface area contributed by atoms with Crippen molar-refractivity contribution in [3.63, 3.8) is 0 Å². The maximum absolute atomic E-state index is 14.4. The van der Waals surface area contributed by atoms with Gasteiger partial charge in [0.2, 0.25) is 5.91 Å². The number of carbonyl (C=O) groups excluding carboxylic acids is 3. The number of aromatic nitrogens is 3. The van der Waals surface area contributed by atoms with Crippen molar-refractivity contribution in [2.75, 3.05) is 26.9 Å². The average Bonchev–Trinajstić information content (AvgIpc) is 4.00. The SMILES string of the molecule is C=C/C(=C(\N=CC)[C@H](C)OC)c1c2c3cc(ccc3n1CC)-c1csc(n1)C[C@H](NC(=O)[C@@H]1CCO[C@H]1c1ccncc1)C(=O)N1CCC[C@H](N1)C(=O)OCC(C)(C)C2. The Labute approximate surface area is 349 Å². The van der Waals surface area contributed by atoms with Crippen LogP contribution in [0.15, 0.2) is 71.4 Å². The van der Waals surface area contributed by atoms with Crippen molar-refractivity contribution in [1.29, 1.82) is 0 Å². The van der Waals surface area contributed by atoms with Crippen LogP contribution in [-0.2, 0) is 48.0 Å². The number of hydrogen-bond donors (Lipinski definition) is 2. The fourth-order valence-corrected chi connectivity index (χ4v) is 9.35. The van der Waals surface area contributed by atoms with E-state index in [1.165, 1.54) is 16.3 Å². The van der Waals surface area contributed by atoms with Crippen LogP contribution in [0.3, 0.4) is 0 Å². The minimum atomic E-state index is -0.950. The Hall–Kier alpha value is -5.02. The lowest BCUT2D eigenvalue weighted by atomic mass is 9.84. The Balaban J connectivity index is 1.32. The third kappa shape index (κ3) is 8.82. The van der Waals surface area contributed by atoms with E-state index in [0.29, 0.717) is 50.4 Å².